The SMILES string of the molecule is Clc1ccc(COCC(Cn2ccnc2)SCc2ccc(Cl)cc2Cl)c(Cl)c1.O=[N+]([O-])O. The molecule has 1 heterocycles. The van der Waals surface area contributed by atoms with Gasteiger partial charge in [-0.2, -0.15) is 0 Å². The normalized spacial score (nSPS) is 11.5. The molecule has 0 saturated carbocycles. The summed E-state index contributed by atoms with van der Waals surface area (Å²) < 4.78 is 7.99. The molecule has 0 aliphatic carbocycles. The molecule has 2 aromatic carbocycles. The topological polar surface area (TPSA) is 90.4 Å². The van der Waals surface area contributed by atoms with Crippen LogP contribution in [0.15, 0.2) is 55.1 Å². The molecule has 32 heavy (non-hydrogen) atoms. The van der Waals surface area contributed by atoms with Crippen molar-refractivity contribution in [3.8, 4) is 0 Å². The van der Waals surface area contributed by atoms with Crippen molar-refractivity contribution in [1.82, 2.24) is 9.55 Å². The Morgan fingerprint density at radius 1 is 1.09 bits per heavy atom. The van der Waals surface area contributed by atoms with Crippen molar-refractivity contribution in [1.29, 1.82) is 0 Å². The highest BCUT2D eigenvalue weighted by Gasteiger charge is 2.13. The number of nitrogens with zero attached hydrogens (tertiary/aromatic N) is 3. The predicted octanol–water partition coefficient (Wildman–Crippen LogP) is 6.67. The van der Waals surface area contributed by atoms with E-state index in [0.29, 0.717) is 33.3 Å². The molecule has 1 aromatic heterocycles. The first-order valence-corrected chi connectivity index (χ1v) is 11.7. The van der Waals surface area contributed by atoms with E-state index < -0.39 is 5.09 Å². The standard InChI is InChI=1S/C20H18Cl4N2OS.HNO3/c21-16-3-1-14(19(23)7-16)10-27-11-18(9-26-6-5-25-13-26)28-12-15-2-4-17(22)8-20(15)24;2-1(3)4/h1-8,13,18H,9-12H2;(H,2,3,4). The van der Waals surface area contributed by atoms with Crippen LogP contribution in [0.2, 0.25) is 20.1 Å². The Bertz CT molecular complexity index is 1000. The van der Waals surface area contributed by atoms with Crippen LogP contribution >= 0.6 is 58.2 Å². The zero-order chi connectivity index (χ0) is 23.5. The summed E-state index contributed by atoms with van der Waals surface area (Å²) in [5.74, 6) is 0.764. The molecule has 0 bridgehead atoms. The Kier molecular flexibility index (Phi) is 11.4. The third-order valence-electron chi connectivity index (χ3n) is 4.04. The number of hydrogen-bond donors (Lipinski definition) is 1. The van der Waals surface area contributed by atoms with Crippen molar-refractivity contribution in [2.24, 2.45) is 0 Å². The van der Waals surface area contributed by atoms with E-state index in [9.17, 15) is 0 Å². The van der Waals surface area contributed by atoms with Crippen LogP contribution < -0.4 is 0 Å². The highest BCUT2D eigenvalue weighted by Crippen LogP contribution is 2.28. The average molecular weight is 539 g/mol. The first-order valence-electron chi connectivity index (χ1n) is 9.10. The minimum Gasteiger partial charge on any atom is -0.375 e. The number of ether oxygens (including phenoxy) is 1. The van der Waals surface area contributed by atoms with E-state index in [1.807, 2.05) is 35.0 Å². The first kappa shape index (κ1) is 26.6. The Morgan fingerprint density at radius 2 is 1.69 bits per heavy atom. The minimum absolute atomic E-state index is 0.215. The summed E-state index contributed by atoms with van der Waals surface area (Å²) >= 11 is 26.2. The lowest BCUT2D eigenvalue weighted by Crippen LogP contribution is -2.19. The van der Waals surface area contributed by atoms with Gasteiger partial charge in [0, 0.05) is 50.0 Å². The number of rotatable bonds is 9. The fourth-order valence-corrected chi connectivity index (χ4v) is 4.72. The summed E-state index contributed by atoms with van der Waals surface area (Å²) in [6, 6.07) is 11.0. The first-order chi connectivity index (χ1) is 15.2. The van der Waals surface area contributed by atoms with Crippen LogP contribution in [0.25, 0.3) is 0 Å². The highest BCUT2D eigenvalue weighted by atomic mass is 35.5. The number of hydrogen-bond acceptors (Lipinski definition) is 5. The second kappa shape index (κ2) is 13.8. The molecule has 3 aromatic rings. The van der Waals surface area contributed by atoms with E-state index in [1.165, 1.54) is 0 Å². The fourth-order valence-electron chi connectivity index (χ4n) is 2.57. The van der Waals surface area contributed by atoms with E-state index in [0.717, 1.165) is 23.4 Å². The third kappa shape index (κ3) is 9.85. The minimum atomic E-state index is -1.50. The summed E-state index contributed by atoms with van der Waals surface area (Å²) in [6.45, 7) is 1.77. The van der Waals surface area contributed by atoms with Gasteiger partial charge in [0.15, 0.2) is 0 Å². The van der Waals surface area contributed by atoms with E-state index in [-0.39, 0.29) is 5.25 Å². The van der Waals surface area contributed by atoms with Crippen LogP contribution in [0.5, 0.6) is 0 Å². The summed E-state index contributed by atoms with van der Waals surface area (Å²) in [5.41, 5.74) is 1.96. The number of imidazole rings is 1. The Balaban J connectivity index is 0.000000837. The summed E-state index contributed by atoms with van der Waals surface area (Å²) in [6.07, 6.45) is 5.52. The number of aromatic nitrogens is 2. The second-order valence-electron chi connectivity index (χ2n) is 6.42. The zero-order valence-corrected chi connectivity index (χ0v) is 20.4. The molecule has 12 heteroatoms. The van der Waals surface area contributed by atoms with Crippen LogP contribution in [-0.2, 0) is 23.6 Å². The molecule has 0 fully saturated rings. The third-order valence-corrected chi connectivity index (χ3v) is 6.45. The van der Waals surface area contributed by atoms with Gasteiger partial charge in [-0.1, -0.05) is 58.5 Å². The molecular formula is C20H19Cl4N3O4S. The Hall–Kier alpha value is -1.68. The summed E-state index contributed by atoms with van der Waals surface area (Å²) in [5, 5.41) is 16.4. The van der Waals surface area contributed by atoms with Crippen molar-refractivity contribution in [3.63, 3.8) is 0 Å². The van der Waals surface area contributed by atoms with Crippen molar-refractivity contribution in [3.05, 3.63) is 96.5 Å². The summed E-state index contributed by atoms with van der Waals surface area (Å²) in [7, 11) is 0. The molecular weight excluding hydrogens is 520 g/mol. The van der Waals surface area contributed by atoms with Gasteiger partial charge < -0.3 is 14.5 Å². The molecule has 1 unspecified atom stereocenters. The maximum Gasteiger partial charge on any atom is 0.291 e. The molecule has 0 aliphatic rings. The van der Waals surface area contributed by atoms with Gasteiger partial charge in [0.2, 0.25) is 0 Å². The molecule has 0 amide bonds. The van der Waals surface area contributed by atoms with Crippen molar-refractivity contribution < 1.29 is 15.0 Å². The number of thioether (sulfide) groups is 1. The van der Waals surface area contributed by atoms with Crippen LogP contribution in [-0.4, -0.2) is 31.7 Å². The largest absolute Gasteiger partial charge is 0.375 e. The van der Waals surface area contributed by atoms with E-state index in [4.69, 9.17) is 66.5 Å². The van der Waals surface area contributed by atoms with E-state index >= 15 is 0 Å². The predicted molar refractivity (Wildman–Crippen MR) is 129 cm³/mol. The van der Waals surface area contributed by atoms with Crippen molar-refractivity contribution >= 4 is 58.2 Å². The highest BCUT2D eigenvalue weighted by molar-refractivity contribution is 7.99. The molecule has 1 atom stereocenters. The maximum absolute atomic E-state index is 8.36. The average Bonchev–Trinajstić information content (AvgIpc) is 3.21. The van der Waals surface area contributed by atoms with Gasteiger partial charge >= 0.3 is 0 Å². The van der Waals surface area contributed by atoms with Gasteiger partial charge in [-0.25, -0.2) is 4.98 Å². The van der Waals surface area contributed by atoms with Gasteiger partial charge in [-0.3, -0.25) is 0 Å². The van der Waals surface area contributed by atoms with Crippen molar-refractivity contribution in [2.75, 3.05) is 6.61 Å². The van der Waals surface area contributed by atoms with Gasteiger partial charge in [0.25, 0.3) is 5.09 Å². The van der Waals surface area contributed by atoms with Crippen LogP contribution in [0, 0.1) is 10.1 Å². The maximum atomic E-state index is 8.36. The number of halogens is 4. The molecule has 3 rings (SSSR count). The summed E-state index contributed by atoms with van der Waals surface area (Å²) in [4.78, 5) is 12.5. The van der Waals surface area contributed by atoms with Gasteiger partial charge in [-0.05, 0) is 35.4 Å². The van der Waals surface area contributed by atoms with E-state index in [2.05, 4.69) is 4.98 Å². The molecule has 0 radical (unpaired) electrons. The quantitative estimate of drug-likeness (QED) is 0.242. The Morgan fingerprint density at radius 3 is 2.22 bits per heavy atom. The lowest BCUT2D eigenvalue weighted by atomic mass is 10.2. The molecule has 0 spiro atoms. The second-order valence-corrected chi connectivity index (χ2v) is 9.39. The number of benzene rings is 2. The molecule has 7 nitrogen and oxygen atoms in total. The molecule has 1 N–H and O–H groups in total. The lowest BCUT2D eigenvalue weighted by Gasteiger charge is -2.18. The monoisotopic (exact) mass is 537 g/mol. The van der Waals surface area contributed by atoms with Crippen LogP contribution in [0.4, 0.5) is 0 Å². The zero-order valence-electron chi connectivity index (χ0n) is 16.5. The fraction of sp³-hybridized carbons (Fsp3) is 0.250. The smallest absolute Gasteiger partial charge is 0.291 e. The molecule has 0 aliphatic heterocycles. The van der Waals surface area contributed by atoms with Crippen LogP contribution in [0.1, 0.15) is 11.1 Å². The molecule has 0 saturated heterocycles. The molecule has 172 valence electrons. The van der Waals surface area contributed by atoms with Gasteiger partial charge in [0.05, 0.1) is 19.5 Å². The van der Waals surface area contributed by atoms with Crippen molar-refractivity contribution in [2.45, 2.75) is 24.2 Å². The van der Waals surface area contributed by atoms with Gasteiger partial charge in [-0.15, -0.1) is 21.9 Å². The van der Waals surface area contributed by atoms with E-state index in [1.54, 1.807) is 36.4 Å². The van der Waals surface area contributed by atoms with Gasteiger partial charge in [0.1, 0.15) is 0 Å². The van der Waals surface area contributed by atoms with Crippen LogP contribution in [0.3, 0.4) is 0 Å². The Labute approximate surface area is 209 Å². The lowest BCUT2D eigenvalue weighted by molar-refractivity contribution is -0.742.